The molecule has 2 aromatic rings. The number of likely N-dealkylation sites (N-methyl/N-ethyl adjacent to an activating group) is 1. The Bertz CT molecular complexity index is 2710. The number of aliphatic hydroxyl groups excluding tert-OH is 1. The lowest BCUT2D eigenvalue weighted by Gasteiger charge is -2.41. The number of nitrogens with one attached hydrogen (secondary N) is 6. The van der Waals surface area contributed by atoms with Crippen LogP contribution >= 0.6 is 0 Å². The summed E-state index contributed by atoms with van der Waals surface area (Å²) in [6, 6.07) is 10.9. The van der Waals surface area contributed by atoms with E-state index in [4.69, 9.17) is 19.9 Å². The van der Waals surface area contributed by atoms with E-state index in [-0.39, 0.29) is 80.3 Å². The highest BCUT2D eigenvalue weighted by Gasteiger charge is 2.44. The molecule has 494 valence electrons. The van der Waals surface area contributed by atoms with E-state index >= 15 is 0 Å². The summed E-state index contributed by atoms with van der Waals surface area (Å²) >= 11 is 0. The molecule has 0 radical (unpaired) electrons. The van der Waals surface area contributed by atoms with Gasteiger partial charge in [-0.1, -0.05) is 104 Å². The van der Waals surface area contributed by atoms with E-state index in [1.807, 2.05) is 32.0 Å². The van der Waals surface area contributed by atoms with E-state index in [0.29, 0.717) is 68.3 Å². The fourth-order valence-corrected chi connectivity index (χ4v) is 11.2. The van der Waals surface area contributed by atoms with Crippen LogP contribution in [0.5, 0.6) is 0 Å². The Morgan fingerprint density at radius 3 is 2.00 bits per heavy atom. The molecule has 2 aliphatic rings. The van der Waals surface area contributed by atoms with Gasteiger partial charge in [-0.05, 0) is 107 Å². The van der Waals surface area contributed by atoms with Crippen molar-refractivity contribution in [3.63, 3.8) is 0 Å². The van der Waals surface area contributed by atoms with E-state index in [1.54, 1.807) is 89.9 Å². The average molecular weight is 1250 g/mol. The van der Waals surface area contributed by atoms with Crippen molar-refractivity contribution in [3.05, 3.63) is 77.9 Å². The van der Waals surface area contributed by atoms with Crippen molar-refractivity contribution < 1.29 is 67.3 Å². The Balaban J connectivity index is 1.31. The van der Waals surface area contributed by atoms with Crippen LogP contribution in [0.3, 0.4) is 0 Å². The smallest absolute Gasteiger partial charge is 0.408 e. The molecule has 1 saturated heterocycles. The molecule has 10 amide bonds. The summed E-state index contributed by atoms with van der Waals surface area (Å²) in [5, 5.41) is 27.7. The van der Waals surface area contributed by atoms with Gasteiger partial charge in [0, 0.05) is 58.6 Å². The normalized spacial score (nSPS) is 17.6. The fourth-order valence-electron chi connectivity index (χ4n) is 11.2. The Kier molecular flexibility index (Phi) is 29.8. The molecule has 0 spiro atoms. The van der Waals surface area contributed by atoms with Gasteiger partial charge in [-0.15, -0.1) is 0 Å². The first-order chi connectivity index (χ1) is 42.1. The SMILES string of the molecule is CC[C@H](C)[C@@H]([C@@H](CC(=O)N1CCC[C@H]1[C@H](OC)[C@@H](C)C(=O)N[C@H](C)[C@@H](O)c1ccccc1)OC)N(C)C(=O)[C@@H](NC(=O)C(C)(C)NC(=O)OCc1ccc(NC(=O)[C@H](CCCN)NC(=O)[C@@H](NC(=O)CCCCCN2C(=O)C=CC2=O)C(C)C)cc1)C(C)C. The largest absolute Gasteiger partial charge is 0.445 e. The number of unbranched alkanes of at least 4 members (excludes halogenated alkanes) is 2. The van der Waals surface area contributed by atoms with E-state index in [2.05, 4.69) is 31.9 Å². The average Bonchev–Trinajstić information content (AvgIpc) is 2.11. The van der Waals surface area contributed by atoms with Crippen molar-refractivity contribution in [3.8, 4) is 0 Å². The van der Waals surface area contributed by atoms with Crippen LogP contribution in [0, 0.1) is 23.7 Å². The molecule has 9 N–H and O–H groups in total. The first-order valence-corrected chi connectivity index (χ1v) is 31.2. The molecule has 2 aromatic carbocycles. The Labute approximate surface area is 525 Å². The number of alkyl carbamates (subject to hydrolysis) is 1. The third kappa shape index (κ3) is 21.7. The van der Waals surface area contributed by atoms with Gasteiger partial charge < -0.3 is 66.8 Å². The van der Waals surface area contributed by atoms with Crippen molar-refractivity contribution in [2.45, 2.75) is 200 Å². The molecule has 2 heterocycles. The number of nitrogens with zero attached hydrogens (tertiary/aromatic N) is 3. The number of methoxy groups -OCH3 is 2. The Morgan fingerprint density at radius 1 is 0.775 bits per heavy atom. The highest BCUT2D eigenvalue weighted by Crippen LogP contribution is 2.30. The van der Waals surface area contributed by atoms with Gasteiger partial charge in [-0.3, -0.25) is 48.1 Å². The predicted octanol–water partition coefficient (Wildman–Crippen LogP) is 4.78. The summed E-state index contributed by atoms with van der Waals surface area (Å²) in [6.07, 6.45) is 3.33. The zero-order valence-electron chi connectivity index (χ0n) is 54.4. The fraction of sp³-hybridized carbons (Fsp3) is 0.631. The molecule has 89 heavy (non-hydrogen) atoms. The number of carbonyl (C=O) groups excluding carboxylic acids is 10. The number of hydrogen-bond acceptors (Lipinski definition) is 15. The molecule has 24 heteroatoms. The number of aliphatic hydroxyl groups is 1. The predicted molar refractivity (Wildman–Crippen MR) is 336 cm³/mol. The molecule has 11 atom stereocenters. The van der Waals surface area contributed by atoms with Gasteiger partial charge in [0.05, 0.1) is 48.8 Å². The number of likely N-dealkylation sites (tertiary alicyclic amines) is 1. The number of nitrogens with two attached hydrogens (primary N) is 1. The number of anilines is 1. The second-order valence-electron chi connectivity index (χ2n) is 24.7. The Morgan fingerprint density at radius 2 is 1.42 bits per heavy atom. The van der Waals surface area contributed by atoms with Gasteiger partial charge in [0.25, 0.3) is 11.8 Å². The van der Waals surface area contributed by atoms with E-state index in [0.717, 1.165) is 4.90 Å². The van der Waals surface area contributed by atoms with Gasteiger partial charge in [-0.25, -0.2) is 4.79 Å². The summed E-state index contributed by atoms with van der Waals surface area (Å²) in [7, 11) is 4.64. The molecule has 0 aromatic heterocycles. The monoisotopic (exact) mass is 1240 g/mol. The second-order valence-corrected chi connectivity index (χ2v) is 24.7. The molecular weight excluding hydrogens is 1140 g/mol. The van der Waals surface area contributed by atoms with Gasteiger partial charge in [0.2, 0.25) is 41.4 Å². The summed E-state index contributed by atoms with van der Waals surface area (Å²) in [5.41, 5.74) is 5.80. The summed E-state index contributed by atoms with van der Waals surface area (Å²) < 4.78 is 17.5. The van der Waals surface area contributed by atoms with Crippen LogP contribution < -0.4 is 37.6 Å². The van der Waals surface area contributed by atoms with Crippen LogP contribution in [0.4, 0.5) is 10.5 Å². The van der Waals surface area contributed by atoms with Gasteiger partial charge >= 0.3 is 6.09 Å². The number of imide groups is 1. The zero-order valence-corrected chi connectivity index (χ0v) is 54.4. The first-order valence-electron chi connectivity index (χ1n) is 31.2. The maximum Gasteiger partial charge on any atom is 0.408 e. The van der Waals surface area contributed by atoms with Crippen LogP contribution in [0.2, 0.25) is 0 Å². The molecule has 0 aliphatic carbocycles. The summed E-state index contributed by atoms with van der Waals surface area (Å²) in [4.78, 5) is 138. The Hall–Kier alpha value is -7.28. The minimum absolute atomic E-state index is 0.0861. The molecule has 4 rings (SSSR count). The van der Waals surface area contributed by atoms with Gasteiger partial charge in [0.1, 0.15) is 30.3 Å². The molecule has 0 unspecified atom stereocenters. The number of benzene rings is 2. The quantitative estimate of drug-likeness (QED) is 0.0336. The minimum atomic E-state index is -1.57. The number of amides is 10. The van der Waals surface area contributed by atoms with Crippen molar-refractivity contribution in [2.24, 2.45) is 29.4 Å². The maximum absolute atomic E-state index is 14.6. The molecule has 2 aliphatic heterocycles. The third-order valence-electron chi connectivity index (χ3n) is 16.8. The molecular formula is C65H100N10O14. The number of carbonyl (C=O) groups is 10. The zero-order chi connectivity index (χ0) is 66.3. The number of ether oxygens (including phenoxy) is 3. The lowest BCUT2D eigenvalue weighted by molar-refractivity contribution is -0.148. The molecule has 0 bridgehead atoms. The van der Waals surface area contributed by atoms with Gasteiger partial charge in [-0.2, -0.15) is 0 Å². The van der Waals surface area contributed by atoms with Crippen molar-refractivity contribution in [1.29, 1.82) is 0 Å². The summed E-state index contributed by atoms with van der Waals surface area (Å²) in [6.45, 7) is 18.2. The van der Waals surface area contributed by atoms with E-state index in [1.165, 1.54) is 45.1 Å². The number of rotatable bonds is 36. The lowest BCUT2D eigenvalue weighted by atomic mass is 9.89. The molecule has 24 nitrogen and oxygen atoms in total. The van der Waals surface area contributed by atoms with Crippen LogP contribution in [-0.4, -0.2) is 174 Å². The topological polar surface area (TPSA) is 327 Å². The summed E-state index contributed by atoms with van der Waals surface area (Å²) in [5.74, 6) is -5.36. The lowest BCUT2D eigenvalue weighted by Crippen LogP contribution is -2.62. The second kappa shape index (κ2) is 35.8. The van der Waals surface area contributed by atoms with Crippen LogP contribution in [-0.2, 0) is 64.0 Å². The third-order valence-corrected chi connectivity index (χ3v) is 16.8. The van der Waals surface area contributed by atoms with E-state index in [9.17, 15) is 53.1 Å². The van der Waals surface area contributed by atoms with Gasteiger partial charge in [0.15, 0.2) is 0 Å². The highest BCUT2D eigenvalue weighted by atomic mass is 16.5. The minimum Gasteiger partial charge on any atom is -0.445 e. The molecule has 0 saturated carbocycles. The number of hydrogen-bond donors (Lipinski definition) is 8. The van der Waals surface area contributed by atoms with Crippen molar-refractivity contribution in [1.82, 2.24) is 41.3 Å². The van der Waals surface area contributed by atoms with E-state index < -0.39 is 102 Å². The van der Waals surface area contributed by atoms with Crippen LogP contribution in [0.1, 0.15) is 151 Å². The highest BCUT2D eigenvalue weighted by molar-refractivity contribution is 6.12. The van der Waals surface area contributed by atoms with Crippen molar-refractivity contribution >= 4 is 64.9 Å². The first kappa shape index (κ1) is 74.2. The van der Waals surface area contributed by atoms with Crippen LogP contribution in [0.15, 0.2) is 66.7 Å². The van der Waals surface area contributed by atoms with Crippen molar-refractivity contribution in [2.75, 3.05) is 46.2 Å². The standard InChI is InChI=1S/C65H100N10O14/c1-14-41(6)56(49(87-12)37-53(79)74-36-22-26-48(74)58(88-13)42(7)59(81)67-43(8)57(80)45-23-17-15-18-24-45)73(11)62(84)55(40(4)5)71-63(85)65(9,10)72-64(86)89-38-44-28-30-46(31-29-44)68-60(82)47(25-21-34-66)69-61(83)54(39(2)3)70-50(76)27-19-16-20-35-75-51(77)32-33-52(75)78/h15,17-18,23-24,28-33,39-43,47-49,54-58,80H,14,16,19-22,25-27,34-38,66H2,1-13H3,(H,67,81)(H,68,82)(H,69,83)(H,70,76)(H,71,85)(H,72,86)/t41-,42+,43+,47-,48-,49+,54-,55-,56-,57+,58+/m0/s1. The molecule has 1 fully saturated rings. The van der Waals surface area contributed by atoms with Crippen LogP contribution in [0.25, 0.3) is 0 Å². The maximum atomic E-state index is 14.6.